The SMILES string of the molecule is C=C(C)CNC(N)=NCC(O)COc1ccc(C(F)(F)F)cc1.I. The highest BCUT2D eigenvalue weighted by molar-refractivity contribution is 14.0. The molecule has 1 aromatic rings. The molecular formula is C15H21F3IN3O2. The molecular weight excluding hydrogens is 438 g/mol. The number of aliphatic imine (C=N–C) groups is 1. The number of halogens is 4. The number of rotatable bonds is 7. The van der Waals surface area contributed by atoms with Gasteiger partial charge < -0.3 is 20.9 Å². The van der Waals surface area contributed by atoms with E-state index in [9.17, 15) is 18.3 Å². The fourth-order valence-electron chi connectivity index (χ4n) is 1.49. The Balaban J connectivity index is 0.00000529. The Labute approximate surface area is 155 Å². The second kappa shape index (κ2) is 10.4. The molecule has 1 aromatic carbocycles. The molecule has 0 amide bonds. The third kappa shape index (κ3) is 8.96. The van der Waals surface area contributed by atoms with Gasteiger partial charge in [-0.25, -0.2) is 0 Å². The molecule has 0 radical (unpaired) electrons. The zero-order valence-electron chi connectivity index (χ0n) is 13.1. The van der Waals surface area contributed by atoms with Crippen LogP contribution < -0.4 is 15.8 Å². The number of hydrogen-bond donors (Lipinski definition) is 3. The van der Waals surface area contributed by atoms with Gasteiger partial charge in [0.05, 0.1) is 12.1 Å². The molecule has 4 N–H and O–H groups in total. The van der Waals surface area contributed by atoms with Gasteiger partial charge in [0.25, 0.3) is 0 Å². The van der Waals surface area contributed by atoms with E-state index in [1.165, 1.54) is 12.1 Å². The minimum atomic E-state index is -4.39. The van der Waals surface area contributed by atoms with Crippen LogP contribution in [0.15, 0.2) is 41.4 Å². The number of guanidine groups is 1. The first-order chi connectivity index (χ1) is 10.7. The first-order valence-electron chi connectivity index (χ1n) is 6.84. The van der Waals surface area contributed by atoms with E-state index in [1.807, 2.05) is 6.92 Å². The molecule has 0 aliphatic carbocycles. The number of nitrogens with one attached hydrogen (secondary N) is 1. The number of nitrogens with two attached hydrogens (primary N) is 1. The largest absolute Gasteiger partial charge is 0.491 e. The normalized spacial score (nSPS) is 13.0. The van der Waals surface area contributed by atoms with Crippen molar-refractivity contribution in [2.75, 3.05) is 19.7 Å². The Kier molecular flexibility index (Phi) is 9.75. The highest BCUT2D eigenvalue weighted by Crippen LogP contribution is 2.30. The molecule has 136 valence electrons. The van der Waals surface area contributed by atoms with Crippen LogP contribution in [0.3, 0.4) is 0 Å². The van der Waals surface area contributed by atoms with Gasteiger partial charge in [-0.2, -0.15) is 13.2 Å². The van der Waals surface area contributed by atoms with Crippen molar-refractivity contribution in [2.24, 2.45) is 10.7 Å². The van der Waals surface area contributed by atoms with Gasteiger partial charge in [-0.3, -0.25) is 4.99 Å². The summed E-state index contributed by atoms with van der Waals surface area (Å²) in [7, 11) is 0. The van der Waals surface area contributed by atoms with Crippen molar-refractivity contribution in [3.8, 4) is 5.75 Å². The van der Waals surface area contributed by atoms with Gasteiger partial charge in [-0.15, -0.1) is 24.0 Å². The monoisotopic (exact) mass is 459 g/mol. The lowest BCUT2D eigenvalue weighted by atomic mass is 10.2. The summed E-state index contributed by atoms with van der Waals surface area (Å²) in [4.78, 5) is 3.92. The molecule has 0 fully saturated rings. The van der Waals surface area contributed by atoms with Crippen LogP contribution in [0.5, 0.6) is 5.75 Å². The van der Waals surface area contributed by atoms with E-state index < -0.39 is 17.8 Å². The van der Waals surface area contributed by atoms with Crippen molar-refractivity contribution < 1.29 is 23.0 Å². The summed E-state index contributed by atoms with van der Waals surface area (Å²) in [6, 6.07) is 4.22. The summed E-state index contributed by atoms with van der Waals surface area (Å²) in [6.07, 6.45) is -5.32. The average molecular weight is 459 g/mol. The lowest BCUT2D eigenvalue weighted by molar-refractivity contribution is -0.137. The molecule has 0 aliphatic heterocycles. The molecule has 5 nitrogen and oxygen atoms in total. The molecule has 24 heavy (non-hydrogen) atoms. The number of alkyl halides is 3. The van der Waals surface area contributed by atoms with Crippen molar-refractivity contribution in [1.82, 2.24) is 5.32 Å². The maximum Gasteiger partial charge on any atom is 0.416 e. The molecule has 0 heterocycles. The Morgan fingerprint density at radius 1 is 1.38 bits per heavy atom. The van der Waals surface area contributed by atoms with Crippen LogP contribution in [0.25, 0.3) is 0 Å². The molecule has 0 saturated carbocycles. The number of nitrogens with zero attached hydrogens (tertiary/aromatic N) is 1. The standard InChI is InChI=1S/C15H20F3N3O2.HI/c1-10(2)7-20-14(19)21-8-12(22)9-23-13-5-3-11(4-6-13)15(16,17)18;/h3-6,12,22H,1,7-9H2,2H3,(H3,19,20,21);1H. The molecule has 0 aromatic heterocycles. The molecule has 0 aliphatic rings. The number of aliphatic hydroxyl groups excluding tert-OH is 1. The first-order valence-corrected chi connectivity index (χ1v) is 6.84. The van der Waals surface area contributed by atoms with Gasteiger partial charge in [0, 0.05) is 6.54 Å². The zero-order chi connectivity index (χ0) is 17.5. The third-order valence-corrected chi connectivity index (χ3v) is 2.67. The molecule has 0 saturated heterocycles. The highest BCUT2D eigenvalue weighted by Gasteiger charge is 2.30. The van der Waals surface area contributed by atoms with Gasteiger partial charge in [0.1, 0.15) is 18.5 Å². The smallest absolute Gasteiger partial charge is 0.416 e. The van der Waals surface area contributed by atoms with E-state index >= 15 is 0 Å². The summed E-state index contributed by atoms with van der Waals surface area (Å²) in [5.41, 5.74) is 5.70. The van der Waals surface area contributed by atoms with Crippen LogP contribution in [-0.2, 0) is 6.18 Å². The fraction of sp³-hybridized carbons (Fsp3) is 0.400. The summed E-state index contributed by atoms with van der Waals surface area (Å²) in [5, 5.41) is 12.5. The van der Waals surface area contributed by atoms with Crippen LogP contribution in [-0.4, -0.2) is 36.9 Å². The number of benzene rings is 1. The summed E-state index contributed by atoms with van der Waals surface area (Å²) in [5.74, 6) is 0.399. The van der Waals surface area contributed by atoms with Gasteiger partial charge >= 0.3 is 6.18 Å². The summed E-state index contributed by atoms with van der Waals surface area (Å²) >= 11 is 0. The molecule has 9 heteroatoms. The summed E-state index contributed by atoms with van der Waals surface area (Å²) < 4.78 is 42.4. The average Bonchev–Trinajstić information content (AvgIpc) is 2.48. The van der Waals surface area contributed by atoms with Crippen LogP contribution in [0.2, 0.25) is 0 Å². The third-order valence-electron chi connectivity index (χ3n) is 2.67. The predicted octanol–water partition coefficient (Wildman–Crippen LogP) is 2.54. The summed E-state index contributed by atoms with van der Waals surface area (Å²) in [6.45, 7) is 5.90. The quantitative estimate of drug-likeness (QED) is 0.254. The van der Waals surface area contributed by atoms with Gasteiger partial charge in [0.2, 0.25) is 0 Å². The molecule has 1 unspecified atom stereocenters. The lowest BCUT2D eigenvalue weighted by Gasteiger charge is -2.12. The number of ether oxygens (including phenoxy) is 1. The van der Waals surface area contributed by atoms with Gasteiger partial charge in [-0.05, 0) is 31.2 Å². The van der Waals surface area contributed by atoms with Crippen molar-refractivity contribution in [1.29, 1.82) is 0 Å². The lowest BCUT2D eigenvalue weighted by Crippen LogP contribution is -2.34. The maximum atomic E-state index is 12.4. The maximum absolute atomic E-state index is 12.4. The van der Waals surface area contributed by atoms with Crippen LogP contribution in [0.4, 0.5) is 13.2 Å². The Hall–Kier alpha value is -1.49. The van der Waals surface area contributed by atoms with E-state index in [-0.39, 0.29) is 48.8 Å². The molecule has 1 atom stereocenters. The first kappa shape index (κ1) is 22.5. The molecule has 1 rings (SSSR count). The Morgan fingerprint density at radius 3 is 2.46 bits per heavy atom. The van der Waals surface area contributed by atoms with Gasteiger partial charge in [-0.1, -0.05) is 12.2 Å². The fourth-order valence-corrected chi connectivity index (χ4v) is 1.49. The second-order valence-electron chi connectivity index (χ2n) is 5.02. The van der Waals surface area contributed by atoms with E-state index in [4.69, 9.17) is 10.5 Å². The zero-order valence-corrected chi connectivity index (χ0v) is 15.5. The van der Waals surface area contributed by atoms with Crippen molar-refractivity contribution in [3.63, 3.8) is 0 Å². The Bertz CT molecular complexity index is 548. The van der Waals surface area contributed by atoms with Crippen molar-refractivity contribution in [2.45, 2.75) is 19.2 Å². The van der Waals surface area contributed by atoms with Crippen LogP contribution in [0.1, 0.15) is 12.5 Å². The van der Waals surface area contributed by atoms with Crippen LogP contribution >= 0.6 is 24.0 Å². The van der Waals surface area contributed by atoms with Crippen molar-refractivity contribution in [3.05, 3.63) is 42.0 Å². The predicted molar refractivity (Wildman–Crippen MR) is 97.7 cm³/mol. The van der Waals surface area contributed by atoms with E-state index in [0.717, 1.165) is 17.7 Å². The molecule has 0 bridgehead atoms. The minimum Gasteiger partial charge on any atom is -0.491 e. The van der Waals surface area contributed by atoms with Gasteiger partial charge in [0.15, 0.2) is 5.96 Å². The number of hydrogen-bond acceptors (Lipinski definition) is 3. The Morgan fingerprint density at radius 2 is 1.96 bits per heavy atom. The van der Waals surface area contributed by atoms with Crippen LogP contribution in [0, 0.1) is 0 Å². The minimum absolute atomic E-state index is 0. The topological polar surface area (TPSA) is 79.9 Å². The highest BCUT2D eigenvalue weighted by atomic mass is 127. The van der Waals surface area contributed by atoms with E-state index in [0.29, 0.717) is 6.54 Å². The van der Waals surface area contributed by atoms with E-state index in [2.05, 4.69) is 16.9 Å². The molecule has 0 spiro atoms. The van der Waals surface area contributed by atoms with E-state index in [1.54, 1.807) is 0 Å². The van der Waals surface area contributed by atoms with Crippen molar-refractivity contribution >= 4 is 29.9 Å². The second-order valence-corrected chi connectivity index (χ2v) is 5.02. The number of aliphatic hydroxyl groups is 1.